The molecule has 0 fully saturated rings. The molecule has 0 radical (unpaired) electrons. The fourth-order valence-corrected chi connectivity index (χ4v) is 1.32. The normalized spacial score (nSPS) is 10.1. The smallest absolute Gasteiger partial charge is 0.132 e. The Labute approximate surface area is 83.9 Å². The van der Waals surface area contributed by atoms with Gasteiger partial charge in [-0.25, -0.2) is 4.39 Å². The first kappa shape index (κ1) is 10.9. The van der Waals surface area contributed by atoms with Crippen LogP contribution in [0, 0.1) is 5.82 Å². The highest BCUT2D eigenvalue weighted by atomic mass is 19.1. The molecule has 1 rings (SSSR count). The number of Topliss-reactive ketones (excluding diaryl/α,β-unsaturated/α-hetero) is 1. The fourth-order valence-electron chi connectivity index (χ4n) is 1.32. The third-order valence-corrected chi connectivity index (χ3v) is 2.23. The molecule has 0 aromatic heterocycles. The van der Waals surface area contributed by atoms with Crippen molar-refractivity contribution in [1.29, 1.82) is 0 Å². The second-order valence-corrected chi connectivity index (χ2v) is 3.37. The largest absolute Gasteiger partial charge is 0.300 e. The van der Waals surface area contributed by atoms with Crippen LogP contribution in [-0.2, 0) is 11.2 Å². The fraction of sp³-hybridized carbons (Fsp3) is 0.417. The van der Waals surface area contributed by atoms with Crippen molar-refractivity contribution in [2.24, 2.45) is 0 Å². The van der Waals surface area contributed by atoms with Crippen LogP contribution >= 0.6 is 0 Å². The van der Waals surface area contributed by atoms with Gasteiger partial charge >= 0.3 is 0 Å². The minimum Gasteiger partial charge on any atom is -0.300 e. The molecule has 0 aliphatic heterocycles. The molecule has 0 heterocycles. The van der Waals surface area contributed by atoms with Crippen molar-refractivity contribution in [3.05, 3.63) is 35.6 Å². The SMILES string of the molecule is CCC(=O)CCCc1ccc(F)cc1. The Morgan fingerprint density at radius 1 is 1.29 bits per heavy atom. The van der Waals surface area contributed by atoms with Crippen LogP contribution in [-0.4, -0.2) is 5.78 Å². The van der Waals surface area contributed by atoms with E-state index in [9.17, 15) is 9.18 Å². The molecule has 0 spiro atoms. The number of hydrogen-bond acceptors (Lipinski definition) is 1. The molecule has 0 aliphatic carbocycles. The van der Waals surface area contributed by atoms with Crippen molar-refractivity contribution >= 4 is 5.78 Å². The van der Waals surface area contributed by atoms with Crippen molar-refractivity contribution in [1.82, 2.24) is 0 Å². The zero-order valence-corrected chi connectivity index (χ0v) is 8.42. The maximum absolute atomic E-state index is 12.5. The number of hydrogen-bond donors (Lipinski definition) is 0. The van der Waals surface area contributed by atoms with Gasteiger partial charge in [0.25, 0.3) is 0 Å². The molecule has 0 aliphatic rings. The van der Waals surface area contributed by atoms with Crippen molar-refractivity contribution in [3.63, 3.8) is 0 Å². The zero-order chi connectivity index (χ0) is 10.4. The summed E-state index contributed by atoms with van der Waals surface area (Å²) in [6, 6.07) is 6.45. The molecule has 0 saturated heterocycles. The second kappa shape index (κ2) is 5.53. The molecule has 0 bridgehead atoms. The van der Waals surface area contributed by atoms with Gasteiger partial charge in [0.05, 0.1) is 0 Å². The van der Waals surface area contributed by atoms with E-state index < -0.39 is 0 Å². The van der Waals surface area contributed by atoms with E-state index >= 15 is 0 Å². The quantitative estimate of drug-likeness (QED) is 0.703. The molecule has 2 heteroatoms. The highest BCUT2D eigenvalue weighted by molar-refractivity contribution is 5.77. The van der Waals surface area contributed by atoms with Crippen LogP contribution in [0.5, 0.6) is 0 Å². The molecular weight excluding hydrogens is 179 g/mol. The average molecular weight is 194 g/mol. The topological polar surface area (TPSA) is 17.1 Å². The van der Waals surface area contributed by atoms with Gasteiger partial charge in [-0.05, 0) is 30.5 Å². The predicted molar refractivity (Wildman–Crippen MR) is 54.6 cm³/mol. The van der Waals surface area contributed by atoms with Crippen LogP contribution in [0.2, 0.25) is 0 Å². The first-order chi connectivity index (χ1) is 6.72. The van der Waals surface area contributed by atoms with Crippen LogP contribution in [0.3, 0.4) is 0 Å². The van der Waals surface area contributed by atoms with Gasteiger partial charge in [-0.15, -0.1) is 0 Å². The van der Waals surface area contributed by atoms with Crippen LogP contribution in [0.1, 0.15) is 31.7 Å². The van der Waals surface area contributed by atoms with Crippen molar-refractivity contribution in [2.45, 2.75) is 32.6 Å². The first-order valence-corrected chi connectivity index (χ1v) is 4.98. The molecule has 1 aromatic carbocycles. The summed E-state index contributed by atoms with van der Waals surface area (Å²) in [4.78, 5) is 11.0. The van der Waals surface area contributed by atoms with Crippen molar-refractivity contribution in [3.8, 4) is 0 Å². The molecule has 0 N–H and O–H groups in total. The summed E-state index contributed by atoms with van der Waals surface area (Å²) >= 11 is 0. The van der Waals surface area contributed by atoms with E-state index in [1.807, 2.05) is 6.92 Å². The van der Waals surface area contributed by atoms with Gasteiger partial charge in [0, 0.05) is 12.8 Å². The van der Waals surface area contributed by atoms with E-state index in [4.69, 9.17) is 0 Å². The van der Waals surface area contributed by atoms with Gasteiger partial charge < -0.3 is 0 Å². The summed E-state index contributed by atoms with van der Waals surface area (Å²) in [6.07, 6.45) is 2.96. The van der Waals surface area contributed by atoms with Crippen LogP contribution < -0.4 is 0 Å². The highest BCUT2D eigenvalue weighted by Gasteiger charge is 1.99. The van der Waals surface area contributed by atoms with Gasteiger partial charge in [-0.3, -0.25) is 4.79 Å². The molecule has 76 valence electrons. The number of carbonyl (C=O) groups is 1. The Hall–Kier alpha value is -1.18. The number of rotatable bonds is 5. The van der Waals surface area contributed by atoms with E-state index in [-0.39, 0.29) is 5.82 Å². The Bertz CT molecular complexity index is 290. The summed E-state index contributed by atoms with van der Waals surface area (Å²) < 4.78 is 12.5. The standard InChI is InChI=1S/C12H15FO/c1-2-12(14)5-3-4-10-6-8-11(13)9-7-10/h6-9H,2-5H2,1H3. The summed E-state index contributed by atoms with van der Waals surface area (Å²) in [7, 11) is 0. The maximum Gasteiger partial charge on any atom is 0.132 e. The van der Waals surface area contributed by atoms with E-state index in [1.54, 1.807) is 12.1 Å². The van der Waals surface area contributed by atoms with Crippen molar-refractivity contribution in [2.75, 3.05) is 0 Å². The molecule has 1 nitrogen and oxygen atoms in total. The molecule has 1 aromatic rings. The van der Waals surface area contributed by atoms with E-state index in [1.165, 1.54) is 12.1 Å². The van der Waals surface area contributed by atoms with Crippen LogP contribution in [0.4, 0.5) is 4.39 Å². The summed E-state index contributed by atoms with van der Waals surface area (Å²) in [5.74, 6) is 0.0884. The van der Waals surface area contributed by atoms with E-state index in [0.717, 1.165) is 18.4 Å². The number of aryl methyl sites for hydroxylation is 1. The number of benzene rings is 1. The Morgan fingerprint density at radius 3 is 2.50 bits per heavy atom. The molecule has 0 saturated carbocycles. The molecule has 14 heavy (non-hydrogen) atoms. The van der Waals surface area contributed by atoms with Gasteiger partial charge in [0.2, 0.25) is 0 Å². The maximum atomic E-state index is 12.5. The third kappa shape index (κ3) is 3.69. The average Bonchev–Trinajstić information content (AvgIpc) is 2.21. The molecule has 0 amide bonds. The monoisotopic (exact) mass is 194 g/mol. The van der Waals surface area contributed by atoms with Gasteiger partial charge in [-0.1, -0.05) is 19.1 Å². The zero-order valence-electron chi connectivity index (χ0n) is 8.42. The third-order valence-electron chi connectivity index (χ3n) is 2.23. The van der Waals surface area contributed by atoms with Crippen LogP contribution in [0.25, 0.3) is 0 Å². The lowest BCUT2D eigenvalue weighted by Gasteiger charge is -2.00. The first-order valence-electron chi connectivity index (χ1n) is 4.98. The second-order valence-electron chi connectivity index (χ2n) is 3.37. The Balaban J connectivity index is 2.31. The number of ketones is 1. The predicted octanol–water partition coefficient (Wildman–Crippen LogP) is 3.13. The summed E-state index contributed by atoms with van der Waals surface area (Å²) in [5.41, 5.74) is 1.09. The lowest BCUT2D eigenvalue weighted by Crippen LogP contribution is -1.96. The Morgan fingerprint density at radius 2 is 1.93 bits per heavy atom. The summed E-state index contributed by atoms with van der Waals surface area (Å²) in [5, 5.41) is 0. The lowest BCUT2D eigenvalue weighted by molar-refractivity contribution is -0.118. The molecular formula is C12H15FO. The molecule has 0 atom stereocenters. The van der Waals surface area contributed by atoms with E-state index in [0.29, 0.717) is 18.6 Å². The van der Waals surface area contributed by atoms with Crippen molar-refractivity contribution < 1.29 is 9.18 Å². The minimum atomic E-state index is -0.210. The minimum absolute atomic E-state index is 0.210. The molecule has 0 unspecified atom stereocenters. The van der Waals surface area contributed by atoms with E-state index in [2.05, 4.69) is 0 Å². The summed E-state index contributed by atoms with van der Waals surface area (Å²) in [6.45, 7) is 1.88. The Kier molecular flexibility index (Phi) is 4.30. The number of carbonyl (C=O) groups excluding carboxylic acids is 1. The van der Waals surface area contributed by atoms with Crippen LogP contribution in [0.15, 0.2) is 24.3 Å². The van der Waals surface area contributed by atoms with Gasteiger partial charge in [0.15, 0.2) is 0 Å². The van der Waals surface area contributed by atoms with Gasteiger partial charge in [0.1, 0.15) is 11.6 Å². The number of halogens is 1. The van der Waals surface area contributed by atoms with Gasteiger partial charge in [-0.2, -0.15) is 0 Å². The highest BCUT2D eigenvalue weighted by Crippen LogP contribution is 2.07. The lowest BCUT2D eigenvalue weighted by atomic mass is 10.1.